The number of halogens is 1. The second-order valence-electron chi connectivity index (χ2n) is 4.92. The third-order valence-electron chi connectivity index (χ3n) is 3.45. The summed E-state index contributed by atoms with van der Waals surface area (Å²) in [5, 5.41) is 19.2. The Bertz CT molecular complexity index is 619. The van der Waals surface area contributed by atoms with Gasteiger partial charge in [0, 0.05) is 5.75 Å². The minimum atomic E-state index is -0.389. The molecule has 0 amide bonds. The van der Waals surface area contributed by atoms with Gasteiger partial charge < -0.3 is 5.11 Å². The molecule has 1 fully saturated rings. The molecule has 1 saturated carbocycles. The summed E-state index contributed by atoms with van der Waals surface area (Å²) in [5.41, 5.74) is 1.13. The number of aliphatic hydroxyl groups excluding tert-OH is 1. The molecule has 2 aromatic rings. The van der Waals surface area contributed by atoms with E-state index < -0.39 is 0 Å². The van der Waals surface area contributed by atoms with Crippen LogP contribution < -0.4 is 0 Å². The molecule has 0 aliphatic heterocycles. The van der Waals surface area contributed by atoms with Crippen molar-refractivity contribution < 1.29 is 5.11 Å². The molecule has 0 radical (unpaired) electrons. The van der Waals surface area contributed by atoms with Gasteiger partial charge in [0.15, 0.2) is 21.5 Å². The number of aromatic nitrogens is 5. The lowest BCUT2D eigenvalue weighted by Crippen LogP contribution is -2.19. The van der Waals surface area contributed by atoms with E-state index in [4.69, 9.17) is 11.6 Å². The summed E-state index contributed by atoms with van der Waals surface area (Å²) >= 11 is 7.72. The molecular weight excluding hydrogens is 298 g/mol. The summed E-state index contributed by atoms with van der Waals surface area (Å²) < 4.78 is 1.70. The molecule has 2 heterocycles. The standard InChI is InChI=1S/C12H16ClN5OS/c1-2-6-20-12-14-10(13)9-11(15-12)18(17-16-9)7-4-3-5-8(7)19/h7-8,19H,2-6H2,1H3/t7?,8-/m1/s1. The highest BCUT2D eigenvalue weighted by Crippen LogP contribution is 2.32. The van der Waals surface area contributed by atoms with Crippen molar-refractivity contribution in [3.63, 3.8) is 0 Å². The SMILES string of the molecule is CCCSc1nc(Cl)c2nnn(C3CCC[C@H]3O)c2n1. The molecule has 1 N–H and O–H groups in total. The van der Waals surface area contributed by atoms with Gasteiger partial charge in [0.25, 0.3) is 0 Å². The minimum Gasteiger partial charge on any atom is -0.391 e. The molecule has 1 aliphatic carbocycles. The summed E-state index contributed by atoms with van der Waals surface area (Å²) in [7, 11) is 0. The first-order valence-corrected chi connectivity index (χ1v) is 8.16. The molecule has 0 saturated heterocycles. The van der Waals surface area contributed by atoms with Crippen LogP contribution in [0.5, 0.6) is 0 Å². The van der Waals surface area contributed by atoms with Crippen LogP contribution in [0.4, 0.5) is 0 Å². The molecular formula is C12H16ClN5OS. The molecule has 0 bridgehead atoms. The van der Waals surface area contributed by atoms with Crippen molar-refractivity contribution in [3.8, 4) is 0 Å². The lowest BCUT2D eigenvalue weighted by Gasteiger charge is -2.14. The van der Waals surface area contributed by atoms with E-state index in [0.717, 1.165) is 31.4 Å². The van der Waals surface area contributed by atoms with E-state index >= 15 is 0 Å². The van der Waals surface area contributed by atoms with Gasteiger partial charge in [-0.1, -0.05) is 35.5 Å². The fraction of sp³-hybridized carbons (Fsp3) is 0.667. The van der Waals surface area contributed by atoms with Gasteiger partial charge in [0.05, 0.1) is 12.1 Å². The maximum Gasteiger partial charge on any atom is 0.191 e. The highest BCUT2D eigenvalue weighted by atomic mass is 35.5. The van der Waals surface area contributed by atoms with Crippen molar-refractivity contribution in [1.29, 1.82) is 0 Å². The molecule has 1 aliphatic rings. The Morgan fingerprint density at radius 2 is 2.25 bits per heavy atom. The van der Waals surface area contributed by atoms with Crippen molar-refractivity contribution in [2.45, 2.75) is 49.9 Å². The third-order valence-corrected chi connectivity index (χ3v) is 4.77. The van der Waals surface area contributed by atoms with E-state index in [0.29, 0.717) is 21.5 Å². The third kappa shape index (κ3) is 2.49. The lowest BCUT2D eigenvalue weighted by atomic mass is 10.2. The van der Waals surface area contributed by atoms with Crippen molar-refractivity contribution in [2.75, 3.05) is 5.75 Å². The predicted octanol–water partition coefficient (Wildman–Crippen LogP) is 2.46. The molecule has 8 heteroatoms. The maximum atomic E-state index is 10.0. The second-order valence-corrected chi connectivity index (χ2v) is 6.34. The van der Waals surface area contributed by atoms with Gasteiger partial charge in [-0.25, -0.2) is 14.6 Å². The monoisotopic (exact) mass is 313 g/mol. The van der Waals surface area contributed by atoms with E-state index in [-0.39, 0.29) is 12.1 Å². The number of aliphatic hydroxyl groups is 1. The van der Waals surface area contributed by atoms with Crippen LogP contribution in [0.25, 0.3) is 11.2 Å². The highest BCUT2D eigenvalue weighted by molar-refractivity contribution is 7.99. The van der Waals surface area contributed by atoms with E-state index in [2.05, 4.69) is 27.2 Å². The predicted molar refractivity (Wildman–Crippen MR) is 78.0 cm³/mol. The number of hydrogen-bond donors (Lipinski definition) is 1. The molecule has 6 nitrogen and oxygen atoms in total. The Hall–Kier alpha value is -0.920. The van der Waals surface area contributed by atoms with Gasteiger partial charge in [-0.05, 0) is 25.7 Å². The Morgan fingerprint density at radius 1 is 1.40 bits per heavy atom. The summed E-state index contributed by atoms with van der Waals surface area (Å²) in [5.74, 6) is 0.940. The zero-order chi connectivity index (χ0) is 14.1. The van der Waals surface area contributed by atoms with Crippen LogP contribution in [-0.2, 0) is 0 Å². The first kappa shape index (κ1) is 14.0. The zero-order valence-corrected chi connectivity index (χ0v) is 12.7. The van der Waals surface area contributed by atoms with E-state index in [9.17, 15) is 5.11 Å². The number of hydrogen-bond acceptors (Lipinski definition) is 6. The summed E-state index contributed by atoms with van der Waals surface area (Å²) in [6.07, 6.45) is 3.33. The molecule has 0 spiro atoms. The number of thioether (sulfide) groups is 1. The fourth-order valence-corrected chi connectivity index (χ4v) is 3.41. The molecule has 2 atom stereocenters. The largest absolute Gasteiger partial charge is 0.391 e. The van der Waals surface area contributed by atoms with Crippen LogP contribution in [0.3, 0.4) is 0 Å². The number of nitrogens with zero attached hydrogens (tertiary/aromatic N) is 5. The Kier molecular flexibility index (Phi) is 4.09. The van der Waals surface area contributed by atoms with Crippen LogP contribution in [-0.4, -0.2) is 41.9 Å². The smallest absolute Gasteiger partial charge is 0.191 e. The van der Waals surface area contributed by atoms with Gasteiger partial charge in [-0.15, -0.1) is 5.10 Å². The van der Waals surface area contributed by atoms with Gasteiger partial charge in [-0.3, -0.25) is 0 Å². The first-order chi connectivity index (χ1) is 9.70. The van der Waals surface area contributed by atoms with Gasteiger partial charge in [0.1, 0.15) is 0 Å². The van der Waals surface area contributed by atoms with Gasteiger partial charge in [0.2, 0.25) is 0 Å². The summed E-state index contributed by atoms with van der Waals surface area (Å²) in [6.45, 7) is 2.10. The Morgan fingerprint density at radius 3 is 2.95 bits per heavy atom. The molecule has 2 aromatic heterocycles. The van der Waals surface area contributed by atoms with Crippen LogP contribution in [0.1, 0.15) is 38.6 Å². The minimum absolute atomic E-state index is 0.0602. The van der Waals surface area contributed by atoms with Crippen molar-refractivity contribution in [3.05, 3.63) is 5.15 Å². The Balaban J connectivity index is 2.02. The average Bonchev–Trinajstić information content (AvgIpc) is 3.02. The maximum absolute atomic E-state index is 10.0. The van der Waals surface area contributed by atoms with Gasteiger partial charge >= 0.3 is 0 Å². The summed E-state index contributed by atoms with van der Waals surface area (Å²) in [6, 6.07) is -0.0602. The van der Waals surface area contributed by atoms with Crippen molar-refractivity contribution in [1.82, 2.24) is 25.0 Å². The molecule has 20 heavy (non-hydrogen) atoms. The quantitative estimate of drug-likeness (QED) is 0.531. The van der Waals surface area contributed by atoms with Crippen LogP contribution in [0.15, 0.2) is 5.16 Å². The zero-order valence-electron chi connectivity index (χ0n) is 11.2. The number of fused-ring (bicyclic) bond motifs is 1. The van der Waals surface area contributed by atoms with Crippen LogP contribution in [0.2, 0.25) is 5.15 Å². The second kappa shape index (κ2) is 5.83. The normalized spacial score (nSPS) is 22.8. The topological polar surface area (TPSA) is 76.7 Å². The molecule has 0 aromatic carbocycles. The van der Waals surface area contributed by atoms with Crippen molar-refractivity contribution in [2.24, 2.45) is 0 Å². The average molecular weight is 314 g/mol. The lowest BCUT2D eigenvalue weighted by molar-refractivity contribution is 0.131. The van der Waals surface area contributed by atoms with Crippen LogP contribution >= 0.6 is 23.4 Å². The van der Waals surface area contributed by atoms with Crippen LogP contribution in [0, 0.1) is 0 Å². The number of rotatable bonds is 4. The van der Waals surface area contributed by atoms with E-state index in [1.165, 1.54) is 0 Å². The molecule has 3 rings (SSSR count). The summed E-state index contributed by atoms with van der Waals surface area (Å²) in [4.78, 5) is 8.74. The first-order valence-electron chi connectivity index (χ1n) is 6.80. The Labute approximate surface area is 125 Å². The molecule has 108 valence electrons. The van der Waals surface area contributed by atoms with Crippen molar-refractivity contribution >= 4 is 34.5 Å². The highest BCUT2D eigenvalue weighted by Gasteiger charge is 2.30. The van der Waals surface area contributed by atoms with Gasteiger partial charge in [-0.2, -0.15) is 0 Å². The fourth-order valence-electron chi connectivity index (χ4n) is 2.47. The molecule has 1 unspecified atom stereocenters. The van der Waals surface area contributed by atoms with E-state index in [1.54, 1.807) is 16.4 Å². The van der Waals surface area contributed by atoms with E-state index in [1.807, 2.05) is 0 Å².